The number of nitrogens with two attached hydrogens (primary N) is 2. The van der Waals surface area contributed by atoms with Crippen LogP contribution < -0.4 is 16.2 Å². The van der Waals surface area contributed by atoms with Gasteiger partial charge in [-0.15, -0.1) is 0 Å². The van der Waals surface area contributed by atoms with E-state index >= 15 is 0 Å². The number of benzene rings is 1. The number of amides is 1. The molecule has 1 aromatic rings. The highest BCUT2D eigenvalue weighted by molar-refractivity contribution is 5.73. The van der Waals surface area contributed by atoms with Gasteiger partial charge in [-0.2, -0.15) is 0 Å². The second-order valence-corrected chi connectivity index (χ2v) is 6.22. The van der Waals surface area contributed by atoms with E-state index in [1.165, 1.54) is 5.56 Å². The molecule has 20 heavy (non-hydrogen) atoms. The second kappa shape index (κ2) is 5.83. The summed E-state index contributed by atoms with van der Waals surface area (Å²) in [4.78, 5) is 10.7. The van der Waals surface area contributed by atoms with Crippen molar-refractivity contribution in [2.24, 2.45) is 11.5 Å². The Morgan fingerprint density at radius 1 is 1.40 bits per heavy atom. The fourth-order valence-corrected chi connectivity index (χ4v) is 2.69. The predicted octanol–water partition coefficient (Wildman–Crippen LogP) is 2.45. The lowest BCUT2D eigenvalue weighted by molar-refractivity contribution is -0.118. The maximum Gasteiger partial charge on any atom is 0.217 e. The molecule has 1 unspecified atom stereocenters. The molecular formula is C16H24N2O2. The molecule has 4 N–H and O–H groups in total. The minimum Gasteiger partial charge on any atom is -0.487 e. The molecule has 1 amide bonds. The highest BCUT2D eigenvalue weighted by atomic mass is 16.5. The fraction of sp³-hybridized carbons (Fsp3) is 0.562. The van der Waals surface area contributed by atoms with Crippen LogP contribution >= 0.6 is 0 Å². The highest BCUT2D eigenvalue weighted by Gasteiger charge is 2.30. The van der Waals surface area contributed by atoms with E-state index in [9.17, 15) is 4.79 Å². The lowest BCUT2D eigenvalue weighted by atomic mass is 9.96. The first-order valence-corrected chi connectivity index (χ1v) is 7.23. The molecule has 2 rings (SSSR count). The van der Waals surface area contributed by atoms with Crippen molar-refractivity contribution in [1.82, 2.24) is 0 Å². The summed E-state index contributed by atoms with van der Waals surface area (Å²) in [6, 6.07) is 6.22. The van der Waals surface area contributed by atoms with E-state index in [4.69, 9.17) is 16.2 Å². The summed E-state index contributed by atoms with van der Waals surface area (Å²) in [5.41, 5.74) is 13.6. The van der Waals surface area contributed by atoms with E-state index in [1.807, 2.05) is 12.1 Å². The number of hydrogen-bond donors (Lipinski definition) is 2. The van der Waals surface area contributed by atoms with Gasteiger partial charge in [-0.05, 0) is 43.9 Å². The van der Waals surface area contributed by atoms with E-state index in [0.717, 1.165) is 37.0 Å². The van der Waals surface area contributed by atoms with Gasteiger partial charge >= 0.3 is 0 Å². The molecule has 1 aliphatic heterocycles. The molecular weight excluding hydrogens is 252 g/mol. The molecule has 1 heterocycles. The minimum absolute atomic E-state index is 0.0110. The standard InChI is InChI=1S/C16H24N2O2/c1-16(2)10-12-9-11(7-8-14(12)20-16)13(17)5-3-4-6-15(18)19/h7-9,13H,3-6,10,17H2,1-2H3,(H2,18,19). The summed E-state index contributed by atoms with van der Waals surface area (Å²) in [6.45, 7) is 4.19. The average molecular weight is 276 g/mol. The molecule has 0 aromatic heterocycles. The third kappa shape index (κ3) is 3.73. The number of rotatable bonds is 6. The van der Waals surface area contributed by atoms with Gasteiger partial charge in [0, 0.05) is 18.9 Å². The Kier molecular flexibility index (Phi) is 4.33. The maximum atomic E-state index is 10.7. The van der Waals surface area contributed by atoms with Crippen molar-refractivity contribution in [2.75, 3.05) is 0 Å². The number of unbranched alkanes of at least 4 members (excludes halogenated alkanes) is 1. The van der Waals surface area contributed by atoms with Crippen LogP contribution in [0.5, 0.6) is 5.75 Å². The van der Waals surface area contributed by atoms with Crippen LogP contribution in [0.2, 0.25) is 0 Å². The molecule has 0 saturated carbocycles. The zero-order chi connectivity index (χ0) is 14.8. The van der Waals surface area contributed by atoms with Crippen LogP contribution in [0.25, 0.3) is 0 Å². The van der Waals surface area contributed by atoms with Crippen molar-refractivity contribution in [3.63, 3.8) is 0 Å². The van der Waals surface area contributed by atoms with Crippen LogP contribution in [0.4, 0.5) is 0 Å². The quantitative estimate of drug-likeness (QED) is 0.783. The molecule has 110 valence electrons. The van der Waals surface area contributed by atoms with Crippen molar-refractivity contribution in [3.8, 4) is 5.75 Å². The number of carbonyl (C=O) groups excluding carboxylic acids is 1. The average Bonchev–Trinajstić information content (AvgIpc) is 2.66. The van der Waals surface area contributed by atoms with Gasteiger partial charge in [0.25, 0.3) is 0 Å². The number of carbonyl (C=O) groups is 1. The normalized spacial score (nSPS) is 17.4. The van der Waals surface area contributed by atoms with Gasteiger partial charge in [-0.25, -0.2) is 0 Å². The van der Waals surface area contributed by atoms with Gasteiger partial charge in [0.05, 0.1) is 0 Å². The van der Waals surface area contributed by atoms with Crippen LogP contribution in [0, 0.1) is 0 Å². The summed E-state index contributed by atoms with van der Waals surface area (Å²) in [7, 11) is 0. The van der Waals surface area contributed by atoms with Crippen LogP contribution in [-0.4, -0.2) is 11.5 Å². The Morgan fingerprint density at radius 3 is 2.85 bits per heavy atom. The first-order valence-electron chi connectivity index (χ1n) is 7.23. The monoisotopic (exact) mass is 276 g/mol. The van der Waals surface area contributed by atoms with Gasteiger partial charge < -0.3 is 16.2 Å². The summed E-state index contributed by atoms with van der Waals surface area (Å²) < 4.78 is 5.86. The molecule has 1 aliphatic rings. The molecule has 0 aliphatic carbocycles. The smallest absolute Gasteiger partial charge is 0.217 e. The highest BCUT2D eigenvalue weighted by Crippen LogP contribution is 2.36. The van der Waals surface area contributed by atoms with Gasteiger partial charge in [-0.3, -0.25) is 4.79 Å². The van der Waals surface area contributed by atoms with Crippen molar-refractivity contribution in [3.05, 3.63) is 29.3 Å². The Labute approximate surface area is 120 Å². The van der Waals surface area contributed by atoms with E-state index in [2.05, 4.69) is 19.9 Å². The molecule has 4 nitrogen and oxygen atoms in total. The molecule has 0 saturated heterocycles. The minimum atomic E-state index is -0.240. The third-order valence-electron chi connectivity index (χ3n) is 3.70. The molecule has 0 spiro atoms. The molecule has 4 heteroatoms. The zero-order valence-electron chi connectivity index (χ0n) is 12.3. The maximum absolute atomic E-state index is 10.7. The zero-order valence-corrected chi connectivity index (χ0v) is 12.3. The van der Waals surface area contributed by atoms with E-state index < -0.39 is 0 Å². The number of ether oxygens (including phenoxy) is 1. The van der Waals surface area contributed by atoms with Crippen molar-refractivity contribution >= 4 is 5.91 Å². The fourth-order valence-electron chi connectivity index (χ4n) is 2.69. The summed E-state index contributed by atoms with van der Waals surface area (Å²) >= 11 is 0. The Bertz CT molecular complexity index is 497. The Balaban J connectivity index is 1.92. The van der Waals surface area contributed by atoms with Crippen LogP contribution in [0.1, 0.15) is 56.7 Å². The topological polar surface area (TPSA) is 78.3 Å². The van der Waals surface area contributed by atoms with Crippen LogP contribution in [0.15, 0.2) is 18.2 Å². The second-order valence-electron chi connectivity index (χ2n) is 6.22. The van der Waals surface area contributed by atoms with Gasteiger partial charge in [0.1, 0.15) is 11.4 Å². The van der Waals surface area contributed by atoms with E-state index in [-0.39, 0.29) is 17.6 Å². The molecule has 0 radical (unpaired) electrons. The predicted molar refractivity (Wildman–Crippen MR) is 79.4 cm³/mol. The van der Waals surface area contributed by atoms with Gasteiger partial charge in [-0.1, -0.05) is 18.6 Å². The Hall–Kier alpha value is -1.55. The molecule has 0 bridgehead atoms. The summed E-state index contributed by atoms with van der Waals surface area (Å²) in [5.74, 6) is 0.732. The van der Waals surface area contributed by atoms with Gasteiger partial charge in [0.15, 0.2) is 0 Å². The first kappa shape index (κ1) is 14.9. The van der Waals surface area contributed by atoms with Crippen molar-refractivity contribution in [2.45, 2.75) is 57.6 Å². The summed E-state index contributed by atoms with van der Waals surface area (Å²) in [6.07, 6.45) is 3.97. The SMILES string of the molecule is CC1(C)Cc2cc(C(N)CCCCC(N)=O)ccc2O1. The lowest BCUT2D eigenvalue weighted by Gasteiger charge is -2.16. The number of primary amides is 1. The van der Waals surface area contributed by atoms with E-state index in [1.54, 1.807) is 0 Å². The molecule has 1 aromatic carbocycles. The first-order chi connectivity index (χ1) is 9.37. The third-order valence-corrected chi connectivity index (χ3v) is 3.70. The van der Waals surface area contributed by atoms with Crippen molar-refractivity contribution < 1.29 is 9.53 Å². The molecule has 1 atom stereocenters. The van der Waals surface area contributed by atoms with Crippen LogP contribution in [-0.2, 0) is 11.2 Å². The summed E-state index contributed by atoms with van der Waals surface area (Å²) in [5, 5.41) is 0. The Morgan fingerprint density at radius 2 is 2.15 bits per heavy atom. The largest absolute Gasteiger partial charge is 0.487 e. The number of hydrogen-bond acceptors (Lipinski definition) is 3. The van der Waals surface area contributed by atoms with Gasteiger partial charge in [0.2, 0.25) is 5.91 Å². The number of fused-ring (bicyclic) bond motifs is 1. The van der Waals surface area contributed by atoms with Crippen LogP contribution in [0.3, 0.4) is 0 Å². The molecule has 0 fully saturated rings. The van der Waals surface area contributed by atoms with Crippen molar-refractivity contribution in [1.29, 1.82) is 0 Å². The van der Waals surface area contributed by atoms with E-state index in [0.29, 0.717) is 6.42 Å². The lowest BCUT2D eigenvalue weighted by Crippen LogP contribution is -2.24.